The van der Waals surface area contributed by atoms with Gasteiger partial charge in [-0.25, -0.2) is 9.07 Å². The van der Waals surface area contributed by atoms with E-state index in [-0.39, 0.29) is 18.3 Å². The average Bonchev–Trinajstić information content (AvgIpc) is 3.52. The molecular weight excluding hydrogens is 555 g/mol. The van der Waals surface area contributed by atoms with E-state index in [0.29, 0.717) is 47.6 Å². The van der Waals surface area contributed by atoms with Crippen molar-refractivity contribution in [1.82, 2.24) is 14.7 Å². The number of nitrogens with zero attached hydrogens (tertiary/aromatic N) is 3. The monoisotopic (exact) mass is 578 g/mol. The SMILES string of the molecule is COc1cc(CCN2C(=O)COC2c2cn(-c3ccc(Br)cc3)nc2-c2ccc(F)cc2)ccc1NC=O. The lowest BCUT2D eigenvalue weighted by Gasteiger charge is -2.23. The zero-order valence-electron chi connectivity index (χ0n) is 20.4. The van der Waals surface area contributed by atoms with Crippen LogP contribution >= 0.6 is 15.9 Å². The first-order chi connectivity index (χ1) is 18.5. The molecule has 8 nitrogen and oxygen atoms in total. The number of methoxy groups -OCH3 is 1. The highest BCUT2D eigenvalue weighted by atomic mass is 79.9. The smallest absolute Gasteiger partial charge is 0.250 e. The third-order valence-electron chi connectivity index (χ3n) is 6.31. The molecule has 0 saturated carbocycles. The summed E-state index contributed by atoms with van der Waals surface area (Å²) in [5.74, 6) is 0.0496. The summed E-state index contributed by atoms with van der Waals surface area (Å²) < 4.78 is 27.7. The molecule has 1 aliphatic rings. The normalized spacial score (nSPS) is 15.1. The number of aromatic nitrogens is 2. The molecule has 3 aromatic carbocycles. The molecule has 1 atom stereocenters. The zero-order chi connectivity index (χ0) is 26.6. The summed E-state index contributed by atoms with van der Waals surface area (Å²) in [6, 6.07) is 19.2. The molecule has 1 unspecified atom stereocenters. The van der Waals surface area contributed by atoms with Gasteiger partial charge in [-0.3, -0.25) is 9.59 Å². The van der Waals surface area contributed by atoms with Crippen LogP contribution in [0, 0.1) is 5.82 Å². The van der Waals surface area contributed by atoms with Gasteiger partial charge in [0.25, 0.3) is 5.91 Å². The number of ether oxygens (including phenoxy) is 2. The number of amides is 2. The Hall–Kier alpha value is -4.02. The summed E-state index contributed by atoms with van der Waals surface area (Å²) in [5.41, 5.74) is 4.34. The predicted molar refractivity (Wildman–Crippen MR) is 143 cm³/mol. The summed E-state index contributed by atoms with van der Waals surface area (Å²) in [5, 5.41) is 7.40. The maximum absolute atomic E-state index is 13.7. The Kier molecular flexibility index (Phi) is 7.52. The van der Waals surface area contributed by atoms with Crippen molar-refractivity contribution < 1.29 is 23.5 Å². The van der Waals surface area contributed by atoms with Crippen molar-refractivity contribution in [3.05, 3.63) is 94.3 Å². The van der Waals surface area contributed by atoms with E-state index in [2.05, 4.69) is 21.2 Å². The Balaban J connectivity index is 1.46. The Labute approximate surface area is 227 Å². The van der Waals surface area contributed by atoms with Crippen LogP contribution in [0.5, 0.6) is 5.75 Å². The molecule has 1 saturated heterocycles. The average molecular weight is 579 g/mol. The van der Waals surface area contributed by atoms with E-state index >= 15 is 0 Å². The van der Waals surface area contributed by atoms with Crippen molar-refractivity contribution in [2.75, 3.05) is 25.6 Å². The van der Waals surface area contributed by atoms with Crippen LogP contribution in [0.25, 0.3) is 16.9 Å². The quantitative estimate of drug-likeness (QED) is 0.279. The van der Waals surface area contributed by atoms with Crippen molar-refractivity contribution in [1.29, 1.82) is 0 Å². The summed E-state index contributed by atoms with van der Waals surface area (Å²) >= 11 is 3.45. The maximum atomic E-state index is 13.7. The van der Waals surface area contributed by atoms with Gasteiger partial charge in [0, 0.05) is 28.3 Å². The number of halogens is 2. The lowest BCUT2D eigenvalue weighted by molar-refractivity contribution is -0.128. The Bertz CT molecular complexity index is 1460. The molecule has 1 aliphatic heterocycles. The minimum absolute atomic E-state index is 0.0531. The van der Waals surface area contributed by atoms with E-state index < -0.39 is 6.23 Å². The van der Waals surface area contributed by atoms with Crippen molar-refractivity contribution in [2.24, 2.45) is 0 Å². The second-order valence-corrected chi connectivity index (χ2v) is 9.57. The second kappa shape index (κ2) is 11.2. The number of carbonyl (C=O) groups excluding carboxylic acids is 2. The van der Waals surface area contributed by atoms with Gasteiger partial charge >= 0.3 is 0 Å². The van der Waals surface area contributed by atoms with E-state index in [4.69, 9.17) is 14.6 Å². The van der Waals surface area contributed by atoms with E-state index in [9.17, 15) is 14.0 Å². The van der Waals surface area contributed by atoms with Crippen LogP contribution in [0.15, 0.2) is 77.4 Å². The van der Waals surface area contributed by atoms with Crippen molar-refractivity contribution in [3.8, 4) is 22.7 Å². The largest absolute Gasteiger partial charge is 0.495 e. The van der Waals surface area contributed by atoms with Crippen LogP contribution in [0.1, 0.15) is 17.4 Å². The van der Waals surface area contributed by atoms with Crippen LogP contribution in [-0.2, 0) is 20.7 Å². The molecule has 10 heteroatoms. The van der Waals surface area contributed by atoms with Crippen molar-refractivity contribution >= 4 is 33.9 Å². The third-order valence-corrected chi connectivity index (χ3v) is 6.84. The fraction of sp³-hybridized carbons (Fsp3) is 0.179. The topological polar surface area (TPSA) is 85.7 Å². The van der Waals surface area contributed by atoms with Gasteiger partial charge in [-0.1, -0.05) is 22.0 Å². The molecule has 4 aromatic rings. The number of hydrogen-bond donors (Lipinski definition) is 1. The van der Waals surface area contributed by atoms with Crippen molar-refractivity contribution in [2.45, 2.75) is 12.6 Å². The molecule has 2 amide bonds. The number of hydrogen-bond acceptors (Lipinski definition) is 5. The lowest BCUT2D eigenvalue weighted by atomic mass is 10.1. The number of nitrogens with one attached hydrogen (secondary N) is 1. The molecular formula is C28H24BrFN4O4. The van der Waals surface area contributed by atoms with E-state index in [1.165, 1.54) is 19.2 Å². The van der Waals surface area contributed by atoms with E-state index in [1.54, 1.807) is 27.8 Å². The van der Waals surface area contributed by atoms with Gasteiger partial charge in [0.05, 0.1) is 18.5 Å². The summed E-state index contributed by atoms with van der Waals surface area (Å²) in [6.45, 7) is 0.335. The predicted octanol–water partition coefficient (Wildman–Crippen LogP) is 5.12. The summed E-state index contributed by atoms with van der Waals surface area (Å²) in [4.78, 5) is 25.4. The zero-order valence-corrected chi connectivity index (χ0v) is 22.0. The first-order valence-corrected chi connectivity index (χ1v) is 12.7. The molecule has 2 heterocycles. The molecule has 38 heavy (non-hydrogen) atoms. The molecule has 0 bridgehead atoms. The molecule has 1 aromatic heterocycles. The Morgan fingerprint density at radius 2 is 1.92 bits per heavy atom. The Morgan fingerprint density at radius 3 is 2.63 bits per heavy atom. The molecule has 1 fully saturated rings. The number of anilines is 1. The van der Waals surface area contributed by atoms with Crippen LogP contribution < -0.4 is 10.1 Å². The van der Waals surface area contributed by atoms with Gasteiger partial charge in [0.15, 0.2) is 6.23 Å². The number of carbonyl (C=O) groups is 2. The molecule has 194 valence electrons. The van der Waals surface area contributed by atoms with Crippen LogP contribution in [0.4, 0.5) is 10.1 Å². The Morgan fingerprint density at radius 1 is 1.16 bits per heavy atom. The highest BCUT2D eigenvalue weighted by molar-refractivity contribution is 9.10. The molecule has 0 radical (unpaired) electrons. The maximum Gasteiger partial charge on any atom is 0.250 e. The van der Waals surface area contributed by atoms with Gasteiger partial charge in [-0.15, -0.1) is 0 Å². The van der Waals surface area contributed by atoms with Crippen LogP contribution in [0.2, 0.25) is 0 Å². The van der Waals surface area contributed by atoms with Gasteiger partial charge < -0.3 is 19.7 Å². The highest BCUT2D eigenvalue weighted by Crippen LogP contribution is 2.36. The standard InChI is InChI=1S/C28H24BrFN4O4/c1-37-25-14-18(2-11-24(25)31-17-35)12-13-33-26(36)16-38-28(33)23-15-34(22-9-5-20(29)6-10-22)32-27(23)19-3-7-21(30)8-4-19/h2-11,14-15,17,28H,12-13,16H2,1H3,(H,31,35). The van der Waals surface area contributed by atoms with E-state index in [1.807, 2.05) is 42.6 Å². The second-order valence-electron chi connectivity index (χ2n) is 8.66. The highest BCUT2D eigenvalue weighted by Gasteiger charge is 2.36. The number of rotatable bonds is 9. The molecule has 0 aliphatic carbocycles. The van der Waals surface area contributed by atoms with E-state index in [0.717, 1.165) is 15.7 Å². The number of benzene rings is 3. The third kappa shape index (κ3) is 5.32. The minimum atomic E-state index is -0.662. The summed E-state index contributed by atoms with van der Waals surface area (Å²) in [6.07, 6.45) is 2.32. The fourth-order valence-electron chi connectivity index (χ4n) is 4.40. The van der Waals surface area contributed by atoms with Crippen LogP contribution in [-0.4, -0.2) is 47.3 Å². The molecule has 1 N–H and O–H groups in total. The first-order valence-electron chi connectivity index (χ1n) is 11.9. The lowest BCUT2D eigenvalue weighted by Crippen LogP contribution is -2.30. The van der Waals surface area contributed by atoms with Crippen LogP contribution in [0.3, 0.4) is 0 Å². The fourth-order valence-corrected chi connectivity index (χ4v) is 4.67. The summed E-state index contributed by atoms with van der Waals surface area (Å²) in [7, 11) is 1.53. The van der Waals surface area contributed by atoms with Crippen molar-refractivity contribution in [3.63, 3.8) is 0 Å². The van der Waals surface area contributed by atoms with Gasteiger partial charge in [0.1, 0.15) is 23.9 Å². The molecule has 0 spiro atoms. The van der Waals surface area contributed by atoms with Gasteiger partial charge in [0.2, 0.25) is 6.41 Å². The first kappa shape index (κ1) is 25.6. The van der Waals surface area contributed by atoms with Gasteiger partial charge in [-0.2, -0.15) is 5.10 Å². The molecule has 5 rings (SSSR count). The minimum Gasteiger partial charge on any atom is -0.495 e. The van der Waals surface area contributed by atoms with Gasteiger partial charge in [-0.05, 0) is 72.6 Å².